The zero-order valence-corrected chi connectivity index (χ0v) is 21.7. The molecule has 0 aromatic heterocycles. The normalized spacial score (nSPS) is 14.1. The van der Waals surface area contributed by atoms with E-state index >= 15 is 0 Å². The third-order valence-corrected chi connectivity index (χ3v) is 10.1. The van der Waals surface area contributed by atoms with Gasteiger partial charge in [0.05, 0.1) is 0 Å². The Hall–Kier alpha value is -0.237. The summed E-state index contributed by atoms with van der Waals surface area (Å²) in [5.41, 5.74) is 6.13. The molecular weight excluding hydrogens is 539 g/mol. The van der Waals surface area contributed by atoms with Gasteiger partial charge >= 0.3 is 194 Å². The molecule has 0 saturated carbocycles. The molecule has 0 unspecified atom stereocenters. The number of benzene rings is 2. The van der Waals surface area contributed by atoms with E-state index in [1.807, 2.05) is 0 Å². The summed E-state index contributed by atoms with van der Waals surface area (Å²) in [6.45, 7) is 4.61. The molecule has 3 heteroatoms. The summed E-state index contributed by atoms with van der Waals surface area (Å²) in [5, 5.41) is 0. The molecule has 2 aromatic rings. The van der Waals surface area contributed by atoms with Crippen LogP contribution in [0.15, 0.2) is 66.3 Å². The van der Waals surface area contributed by atoms with Crippen LogP contribution in [0, 0.1) is 0 Å². The maximum absolute atomic E-state index is 3.60. The van der Waals surface area contributed by atoms with Crippen molar-refractivity contribution in [2.24, 2.45) is 0 Å². The quantitative estimate of drug-likeness (QED) is 0.300. The zero-order valence-electron chi connectivity index (χ0n) is 16.1. The van der Waals surface area contributed by atoms with Crippen molar-refractivity contribution in [2.75, 3.05) is 0 Å². The van der Waals surface area contributed by atoms with Crippen LogP contribution in [0.2, 0.25) is 0 Å². The molecule has 0 nitrogen and oxygen atoms in total. The Morgan fingerprint density at radius 2 is 1.22 bits per heavy atom. The van der Waals surface area contributed by atoms with Crippen molar-refractivity contribution in [3.8, 4) is 0 Å². The number of rotatable bonds is 8. The van der Waals surface area contributed by atoms with Gasteiger partial charge < -0.3 is 0 Å². The minimum absolute atomic E-state index is 0.741. The van der Waals surface area contributed by atoms with Gasteiger partial charge in [0, 0.05) is 0 Å². The number of halogens is 2. The van der Waals surface area contributed by atoms with E-state index in [1.165, 1.54) is 49.7 Å². The van der Waals surface area contributed by atoms with Gasteiger partial charge in [0.25, 0.3) is 0 Å². The predicted octanol–water partition coefficient (Wildman–Crippen LogP) is 8.81. The molecule has 0 radical (unpaired) electrons. The fourth-order valence-electron chi connectivity index (χ4n) is 3.57. The topological polar surface area (TPSA) is 0 Å². The van der Waals surface area contributed by atoms with Gasteiger partial charge in [0.15, 0.2) is 0 Å². The standard InChI is InChI=1S/C24H26Br2.Zr/c1-3-5-7-9-24(20-12-16-23(26)17-13-20)21(8-6-4-2)18-19-10-14-22(25)15-11-19;/h10-17H,3-8H2,1-2H3;. The van der Waals surface area contributed by atoms with Crippen molar-refractivity contribution in [1.82, 2.24) is 0 Å². The van der Waals surface area contributed by atoms with Gasteiger partial charge in [-0.05, 0) is 0 Å². The van der Waals surface area contributed by atoms with Crippen molar-refractivity contribution in [2.45, 2.75) is 52.4 Å². The van der Waals surface area contributed by atoms with Gasteiger partial charge in [-0.3, -0.25) is 0 Å². The first kappa shape index (κ1) is 21.5. The molecule has 1 aliphatic rings. The molecule has 27 heavy (non-hydrogen) atoms. The summed E-state index contributed by atoms with van der Waals surface area (Å²) in [7, 11) is 0. The van der Waals surface area contributed by atoms with Crippen LogP contribution in [0.1, 0.15) is 63.5 Å². The van der Waals surface area contributed by atoms with Crippen molar-refractivity contribution in [3.63, 3.8) is 0 Å². The molecule has 0 aliphatic carbocycles. The van der Waals surface area contributed by atoms with Crippen molar-refractivity contribution in [3.05, 3.63) is 77.5 Å². The first-order chi connectivity index (χ1) is 13.1. The molecule has 0 spiro atoms. The summed E-state index contributed by atoms with van der Waals surface area (Å²) in [6.07, 6.45) is 7.60. The van der Waals surface area contributed by atoms with Crippen molar-refractivity contribution < 1.29 is 23.2 Å². The number of hydrogen-bond donors (Lipinski definition) is 0. The molecule has 1 heterocycles. The Morgan fingerprint density at radius 3 is 1.78 bits per heavy atom. The van der Waals surface area contributed by atoms with E-state index in [4.69, 9.17) is 0 Å². The minimum atomic E-state index is -0.741. The second-order valence-electron chi connectivity index (χ2n) is 7.05. The number of hydrogen-bond acceptors (Lipinski definition) is 0. The molecule has 0 fully saturated rings. The van der Waals surface area contributed by atoms with Crippen LogP contribution in [0.25, 0.3) is 8.85 Å². The van der Waals surface area contributed by atoms with Gasteiger partial charge in [0.2, 0.25) is 0 Å². The number of unbranched alkanes of at least 4 members (excludes halogenated alkanes) is 2. The Kier molecular flexibility index (Phi) is 8.36. The second kappa shape index (κ2) is 10.5. The van der Waals surface area contributed by atoms with E-state index < -0.39 is 23.2 Å². The summed E-state index contributed by atoms with van der Waals surface area (Å²) < 4.78 is 5.83. The van der Waals surface area contributed by atoms with Gasteiger partial charge in [-0.1, -0.05) is 0 Å². The van der Waals surface area contributed by atoms with Crippen LogP contribution in [0.3, 0.4) is 0 Å². The van der Waals surface area contributed by atoms with Crippen LogP contribution in [-0.2, 0) is 23.2 Å². The third kappa shape index (κ3) is 5.43. The molecule has 1 aliphatic heterocycles. The van der Waals surface area contributed by atoms with E-state index in [2.05, 4.69) is 94.2 Å². The first-order valence-electron chi connectivity index (χ1n) is 9.89. The van der Waals surface area contributed by atoms with Crippen molar-refractivity contribution in [1.29, 1.82) is 0 Å². The van der Waals surface area contributed by atoms with Crippen LogP contribution >= 0.6 is 31.9 Å². The second-order valence-corrected chi connectivity index (χ2v) is 12.2. The van der Waals surface area contributed by atoms with Gasteiger partial charge in [-0.2, -0.15) is 0 Å². The fourth-order valence-corrected chi connectivity index (χ4v) is 8.36. The Bertz CT molecular complexity index is 830. The molecule has 0 saturated heterocycles. The Morgan fingerprint density at radius 1 is 0.704 bits per heavy atom. The summed E-state index contributed by atoms with van der Waals surface area (Å²) in [5.74, 6) is 0. The molecule has 0 bridgehead atoms. The van der Waals surface area contributed by atoms with Crippen LogP contribution in [0.5, 0.6) is 0 Å². The Balaban J connectivity index is 2.09. The van der Waals surface area contributed by atoms with Crippen LogP contribution in [0.4, 0.5) is 0 Å². The van der Waals surface area contributed by atoms with Gasteiger partial charge in [0.1, 0.15) is 0 Å². The summed E-state index contributed by atoms with van der Waals surface area (Å²) >= 11 is 6.46. The summed E-state index contributed by atoms with van der Waals surface area (Å²) in [4.78, 5) is 0. The molecule has 0 N–H and O–H groups in total. The van der Waals surface area contributed by atoms with E-state index in [1.54, 1.807) is 17.7 Å². The van der Waals surface area contributed by atoms with E-state index in [9.17, 15) is 0 Å². The fraction of sp³-hybridized carbons (Fsp3) is 0.333. The number of allylic oxidation sites excluding steroid dienone is 3. The SMILES string of the molecule is CCCC[C]1=C(c2ccc(Br)cc2)C(CCCC)=[C](c2ccc(Br)cc2)[Zr]1. The third-order valence-electron chi connectivity index (χ3n) is 5.01. The predicted molar refractivity (Wildman–Crippen MR) is 121 cm³/mol. The maximum atomic E-state index is 3.60. The molecule has 0 amide bonds. The Labute approximate surface area is 192 Å². The average Bonchev–Trinajstić information content (AvgIpc) is 3.04. The van der Waals surface area contributed by atoms with E-state index in [-0.39, 0.29) is 0 Å². The molecule has 2 aromatic carbocycles. The zero-order chi connectivity index (χ0) is 19.2. The van der Waals surface area contributed by atoms with Gasteiger partial charge in [-0.15, -0.1) is 0 Å². The molecular formula is C24H26Br2Zr. The van der Waals surface area contributed by atoms with Crippen LogP contribution < -0.4 is 0 Å². The first-order valence-corrected chi connectivity index (χ1v) is 13.9. The summed E-state index contributed by atoms with van der Waals surface area (Å²) in [6, 6.07) is 18.0. The molecule has 0 atom stereocenters. The van der Waals surface area contributed by atoms with Crippen molar-refractivity contribution >= 4 is 40.7 Å². The molecule has 3 rings (SSSR count). The van der Waals surface area contributed by atoms with Gasteiger partial charge in [-0.25, -0.2) is 0 Å². The molecule has 140 valence electrons. The van der Waals surface area contributed by atoms with E-state index in [0.29, 0.717) is 0 Å². The monoisotopic (exact) mass is 562 g/mol. The average molecular weight is 566 g/mol. The van der Waals surface area contributed by atoms with E-state index in [0.717, 1.165) is 8.95 Å². The van der Waals surface area contributed by atoms with Crippen LogP contribution in [-0.4, -0.2) is 0 Å².